The van der Waals surface area contributed by atoms with Crippen LogP contribution < -0.4 is 5.32 Å². The number of halogens is 4. The van der Waals surface area contributed by atoms with E-state index in [1.165, 1.54) is 42.7 Å². The van der Waals surface area contributed by atoms with E-state index in [2.05, 4.69) is 4.99 Å². The van der Waals surface area contributed by atoms with Crippen molar-refractivity contribution in [2.75, 3.05) is 0 Å². The molecule has 1 aromatic heterocycles. The molecule has 1 aliphatic rings. The lowest BCUT2D eigenvalue weighted by Crippen LogP contribution is -2.63. The maximum Gasteiger partial charge on any atom is 0.442 e. The number of benzene rings is 2. The Morgan fingerprint density at radius 3 is 2.34 bits per heavy atom. The topological polar surface area (TPSA) is 74.9 Å². The summed E-state index contributed by atoms with van der Waals surface area (Å²) < 4.78 is 62.1. The number of nitrogens with zero attached hydrogens (tertiary/aromatic N) is 2. The summed E-state index contributed by atoms with van der Waals surface area (Å²) >= 11 is 0. The summed E-state index contributed by atoms with van der Waals surface area (Å²) in [7, 11) is 0. The number of rotatable bonds is 5. The van der Waals surface area contributed by atoms with E-state index in [1.54, 1.807) is 23.5 Å². The molecule has 0 saturated heterocycles. The van der Waals surface area contributed by atoms with Gasteiger partial charge in [0.2, 0.25) is 0 Å². The molecule has 0 aliphatic carbocycles. The van der Waals surface area contributed by atoms with Crippen molar-refractivity contribution < 1.29 is 31.6 Å². The van der Waals surface area contributed by atoms with Crippen molar-refractivity contribution in [3.8, 4) is 0 Å². The molecule has 0 radical (unpaired) electrons. The molecule has 1 N–H and O–H groups in total. The average molecular weight is 445 g/mol. The first kappa shape index (κ1) is 21.3. The number of nitrogens with one attached hydrogen (secondary N) is 1. The van der Waals surface area contributed by atoms with Gasteiger partial charge in [-0.05, 0) is 24.3 Å². The Bertz CT molecular complexity index is 1180. The van der Waals surface area contributed by atoms with Crippen LogP contribution in [0.1, 0.15) is 21.7 Å². The SMILES string of the molecule is O=C(N[C@@]1(C(F)(F)F)N=C(c2ccccc2)N(Cc2ccco2)C1=O)c1ccccc1F. The quantitative estimate of drug-likeness (QED) is 0.606. The first-order valence-corrected chi connectivity index (χ1v) is 9.36. The molecule has 2 aromatic carbocycles. The monoisotopic (exact) mass is 445 g/mol. The van der Waals surface area contributed by atoms with Gasteiger partial charge < -0.3 is 9.73 Å². The zero-order valence-electron chi connectivity index (χ0n) is 16.3. The van der Waals surface area contributed by atoms with Crippen molar-refractivity contribution in [2.24, 2.45) is 4.99 Å². The molecule has 2 amide bonds. The van der Waals surface area contributed by atoms with Crippen molar-refractivity contribution in [1.82, 2.24) is 10.2 Å². The molecule has 32 heavy (non-hydrogen) atoms. The molecular formula is C22H15F4N3O3. The Morgan fingerprint density at radius 1 is 1.03 bits per heavy atom. The second-order valence-corrected chi connectivity index (χ2v) is 6.91. The molecule has 3 aromatic rings. The number of amides is 2. The molecule has 164 valence electrons. The highest BCUT2D eigenvalue weighted by molar-refractivity contribution is 6.16. The van der Waals surface area contributed by atoms with Crippen LogP contribution in [0.5, 0.6) is 0 Å². The third-order valence-corrected chi connectivity index (χ3v) is 4.83. The number of hydrogen-bond acceptors (Lipinski definition) is 4. The Kier molecular flexibility index (Phi) is 5.29. The first-order valence-electron chi connectivity index (χ1n) is 9.36. The Morgan fingerprint density at radius 2 is 1.72 bits per heavy atom. The van der Waals surface area contributed by atoms with Gasteiger partial charge in [0, 0.05) is 5.56 Å². The number of carbonyl (C=O) groups excluding carboxylic acids is 2. The third-order valence-electron chi connectivity index (χ3n) is 4.83. The third kappa shape index (κ3) is 3.64. The summed E-state index contributed by atoms with van der Waals surface area (Å²) in [5, 5.41) is 1.64. The van der Waals surface area contributed by atoms with Crippen molar-refractivity contribution in [3.05, 3.63) is 95.7 Å². The van der Waals surface area contributed by atoms with Gasteiger partial charge in [0.1, 0.15) is 17.4 Å². The van der Waals surface area contributed by atoms with E-state index in [-0.39, 0.29) is 23.7 Å². The minimum atomic E-state index is -5.32. The van der Waals surface area contributed by atoms with E-state index in [1.807, 2.05) is 0 Å². The van der Waals surface area contributed by atoms with Gasteiger partial charge >= 0.3 is 11.8 Å². The second-order valence-electron chi connectivity index (χ2n) is 6.91. The van der Waals surface area contributed by atoms with Gasteiger partial charge in [-0.2, -0.15) is 13.2 Å². The zero-order valence-corrected chi connectivity index (χ0v) is 16.3. The van der Waals surface area contributed by atoms with Crippen LogP contribution >= 0.6 is 0 Å². The molecule has 1 aliphatic heterocycles. The van der Waals surface area contributed by atoms with Crippen LogP contribution in [0.2, 0.25) is 0 Å². The summed E-state index contributed by atoms with van der Waals surface area (Å²) in [5.41, 5.74) is -4.06. The van der Waals surface area contributed by atoms with Gasteiger partial charge in [0.25, 0.3) is 11.8 Å². The standard InChI is InChI=1S/C22H15F4N3O3/c23-17-11-5-4-10-16(17)19(30)28-21(22(24,25)26)20(31)29(13-15-9-6-12-32-15)18(27-21)14-7-2-1-3-8-14/h1-12H,13H2,(H,28,30)/t21-/m0/s1. The second kappa shape index (κ2) is 7.95. The van der Waals surface area contributed by atoms with Gasteiger partial charge in [-0.1, -0.05) is 42.5 Å². The first-order chi connectivity index (χ1) is 15.2. The number of hydrogen-bond donors (Lipinski definition) is 1. The summed E-state index contributed by atoms with van der Waals surface area (Å²) in [6.07, 6.45) is -4.00. The van der Waals surface area contributed by atoms with E-state index in [4.69, 9.17) is 4.42 Å². The van der Waals surface area contributed by atoms with Crippen molar-refractivity contribution >= 4 is 17.6 Å². The van der Waals surface area contributed by atoms with Gasteiger partial charge in [0.05, 0.1) is 18.4 Å². The van der Waals surface area contributed by atoms with Crippen molar-refractivity contribution in [2.45, 2.75) is 18.4 Å². The highest BCUT2D eigenvalue weighted by atomic mass is 19.4. The van der Waals surface area contributed by atoms with Crippen LogP contribution in [-0.4, -0.2) is 34.4 Å². The number of amidine groups is 1. The minimum absolute atomic E-state index is 0.209. The summed E-state index contributed by atoms with van der Waals surface area (Å²) in [6, 6.07) is 15.3. The minimum Gasteiger partial charge on any atom is -0.467 e. The lowest BCUT2D eigenvalue weighted by atomic mass is 10.1. The Hall–Kier alpha value is -3.95. The maximum atomic E-state index is 14.3. The molecule has 4 rings (SSSR count). The summed E-state index contributed by atoms with van der Waals surface area (Å²) in [4.78, 5) is 30.2. The lowest BCUT2D eigenvalue weighted by Gasteiger charge is -2.29. The smallest absolute Gasteiger partial charge is 0.442 e. The molecular weight excluding hydrogens is 430 g/mol. The van der Waals surface area contributed by atoms with Crippen LogP contribution in [0, 0.1) is 5.82 Å². The molecule has 0 unspecified atom stereocenters. The molecule has 0 saturated carbocycles. The predicted molar refractivity (Wildman–Crippen MR) is 105 cm³/mol. The van der Waals surface area contributed by atoms with E-state index >= 15 is 0 Å². The molecule has 6 nitrogen and oxygen atoms in total. The lowest BCUT2D eigenvalue weighted by molar-refractivity contribution is -0.196. The van der Waals surface area contributed by atoms with E-state index in [9.17, 15) is 27.2 Å². The molecule has 0 fully saturated rings. The van der Waals surface area contributed by atoms with Crippen LogP contribution in [0.4, 0.5) is 17.6 Å². The van der Waals surface area contributed by atoms with Crippen molar-refractivity contribution in [1.29, 1.82) is 0 Å². The van der Waals surface area contributed by atoms with Crippen LogP contribution in [-0.2, 0) is 11.3 Å². The Balaban J connectivity index is 1.82. The fourth-order valence-corrected chi connectivity index (χ4v) is 3.29. The molecule has 10 heteroatoms. The van der Waals surface area contributed by atoms with Gasteiger partial charge in [-0.25, -0.2) is 9.38 Å². The van der Waals surface area contributed by atoms with Crippen LogP contribution in [0.25, 0.3) is 0 Å². The fraction of sp³-hybridized carbons (Fsp3) is 0.136. The van der Waals surface area contributed by atoms with Crippen LogP contribution in [0.3, 0.4) is 0 Å². The largest absolute Gasteiger partial charge is 0.467 e. The van der Waals surface area contributed by atoms with Crippen molar-refractivity contribution in [3.63, 3.8) is 0 Å². The fourth-order valence-electron chi connectivity index (χ4n) is 3.29. The summed E-state index contributed by atoms with van der Waals surface area (Å²) in [6.45, 7) is -0.354. The average Bonchev–Trinajstić information content (AvgIpc) is 3.37. The highest BCUT2D eigenvalue weighted by Crippen LogP contribution is 2.39. The summed E-state index contributed by atoms with van der Waals surface area (Å²) in [5.74, 6) is -4.10. The normalized spacial score (nSPS) is 18.6. The molecule has 2 heterocycles. The number of alkyl halides is 3. The predicted octanol–water partition coefficient (Wildman–Crippen LogP) is 3.90. The van der Waals surface area contributed by atoms with E-state index in [0.717, 1.165) is 17.0 Å². The zero-order chi connectivity index (χ0) is 22.9. The Labute approximate surface area is 179 Å². The van der Waals surface area contributed by atoms with E-state index < -0.39 is 35.0 Å². The van der Waals surface area contributed by atoms with E-state index in [0.29, 0.717) is 0 Å². The van der Waals surface area contributed by atoms with Gasteiger partial charge in [0.15, 0.2) is 0 Å². The van der Waals surface area contributed by atoms with Gasteiger partial charge in [-0.3, -0.25) is 14.5 Å². The number of furan rings is 1. The molecule has 0 bridgehead atoms. The van der Waals surface area contributed by atoms with Crippen LogP contribution in [0.15, 0.2) is 82.4 Å². The molecule has 0 spiro atoms. The molecule has 1 atom stereocenters. The number of carbonyl (C=O) groups is 2. The van der Waals surface area contributed by atoms with Gasteiger partial charge in [-0.15, -0.1) is 0 Å². The highest BCUT2D eigenvalue weighted by Gasteiger charge is 2.67. The number of aliphatic imine (C=N–C) groups is 1. The maximum absolute atomic E-state index is 14.3.